The maximum atomic E-state index is 10.9. The molecule has 0 aromatic heterocycles. The lowest BCUT2D eigenvalue weighted by Gasteiger charge is -2.04. The largest absolute Gasteiger partial charge is 0.302 e. The van der Waals surface area contributed by atoms with Gasteiger partial charge in [-0.1, -0.05) is 30.3 Å². The van der Waals surface area contributed by atoms with Crippen molar-refractivity contribution in [1.82, 2.24) is 0 Å². The Balaban J connectivity index is 2.95. The van der Waals surface area contributed by atoms with Crippen LogP contribution in [0.4, 0.5) is 0 Å². The second kappa shape index (κ2) is 3.81. The minimum absolute atomic E-state index is 0.115. The monoisotopic (exact) mass is 162 g/mol. The quantitative estimate of drug-likeness (QED) is 0.499. The first kappa shape index (κ1) is 8.65. The van der Waals surface area contributed by atoms with Crippen LogP contribution in [0, 0.1) is 0 Å². The molecule has 0 saturated carbocycles. The lowest BCUT2D eigenvalue weighted by atomic mass is 9.97. The van der Waals surface area contributed by atoms with Gasteiger partial charge in [-0.15, -0.1) is 0 Å². The van der Waals surface area contributed by atoms with Gasteiger partial charge in [0, 0.05) is 0 Å². The number of aldehydes is 1. The summed E-state index contributed by atoms with van der Waals surface area (Å²) in [6, 6.07) is 9.04. The van der Waals surface area contributed by atoms with E-state index in [4.69, 9.17) is 0 Å². The Hall–Kier alpha value is -1.44. The second-order valence-electron chi connectivity index (χ2n) is 2.64. The van der Waals surface area contributed by atoms with Gasteiger partial charge in [0.05, 0.1) is 5.92 Å². The number of carbonyl (C=O) groups is 2. The van der Waals surface area contributed by atoms with Crippen molar-refractivity contribution in [3.8, 4) is 0 Å². The summed E-state index contributed by atoms with van der Waals surface area (Å²) in [7, 11) is 0. The molecular formula is C10H10O2. The van der Waals surface area contributed by atoms with Gasteiger partial charge in [-0.2, -0.15) is 0 Å². The first-order valence-corrected chi connectivity index (χ1v) is 3.76. The van der Waals surface area contributed by atoms with Crippen LogP contribution >= 0.6 is 0 Å². The molecule has 1 atom stereocenters. The van der Waals surface area contributed by atoms with E-state index in [0.29, 0.717) is 6.29 Å². The molecule has 0 heterocycles. The highest BCUT2D eigenvalue weighted by Gasteiger charge is 2.14. The van der Waals surface area contributed by atoms with Crippen LogP contribution in [0.2, 0.25) is 0 Å². The van der Waals surface area contributed by atoms with E-state index in [-0.39, 0.29) is 5.78 Å². The van der Waals surface area contributed by atoms with Crippen LogP contribution in [0.1, 0.15) is 18.4 Å². The van der Waals surface area contributed by atoms with Gasteiger partial charge in [-0.05, 0) is 12.5 Å². The summed E-state index contributed by atoms with van der Waals surface area (Å²) in [6.07, 6.45) is 0.678. The molecule has 2 heteroatoms. The maximum Gasteiger partial charge on any atom is 0.144 e. The van der Waals surface area contributed by atoms with E-state index in [2.05, 4.69) is 0 Å². The first-order valence-electron chi connectivity index (χ1n) is 3.76. The molecule has 0 aliphatic carbocycles. The summed E-state index contributed by atoms with van der Waals surface area (Å²) >= 11 is 0. The number of Topliss-reactive ketones (excluding diaryl/α,β-unsaturated/α-hetero) is 1. The molecule has 0 spiro atoms. The first-order chi connectivity index (χ1) is 5.75. The zero-order chi connectivity index (χ0) is 8.97. The fourth-order valence-electron chi connectivity index (χ4n) is 1.07. The number of hydrogen-bond donors (Lipinski definition) is 0. The van der Waals surface area contributed by atoms with Gasteiger partial charge < -0.3 is 4.79 Å². The summed E-state index contributed by atoms with van der Waals surface area (Å²) in [6.45, 7) is 1.42. The Labute approximate surface area is 71.2 Å². The van der Waals surface area contributed by atoms with Crippen molar-refractivity contribution in [2.75, 3.05) is 0 Å². The molecule has 1 unspecified atom stereocenters. The van der Waals surface area contributed by atoms with E-state index in [0.717, 1.165) is 5.56 Å². The zero-order valence-corrected chi connectivity index (χ0v) is 6.86. The molecule has 12 heavy (non-hydrogen) atoms. The van der Waals surface area contributed by atoms with Crippen LogP contribution < -0.4 is 0 Å². The molecular weight excluding hydrogens is 152 g/mol. The number of benzene rings is 1. The van der Waals surface area contributed by atoms with Crippen molar-refractivity contribution in [2.45, 2.75) is 12.8 Å². The summed E-state index contributed by atoms with van der Waals surface area (Å²) in [4.78, 5) is 21.5. The highest BCUT2D eigenvalue weighted by atomic mass is 16.1. The van der Waals surface area contributed by atoms with Crippen molar-refractivity contribution in [2.24, 2.45) is 0 Å². The lowest BCUT2D eigenvalue weighted by molar-refractivity contribution is -0.122. The van der Waals surface area contributed by atoms with Crippen LogP contribution in [-0.4, -0.2) is 12.1 Å². The highest BCUT2D eigenvalue weighted by molar-refractivity contribution is 5.97. The van der Waals surface area contributed by atoms with Crippen molar-refractivity contribution in [1.29, 1.82) is 0 Å². The Morgan fingerprint density at radius 3 is 2.33 bits per heavy atom. The normalized spacial score (nSPS) is 12.1. The topological polar surface area (TPSA) is 34.1 Å². The molecule has 0 aliphatic heterocycles. The predicted molar refractivity (Wildman–Crippen MR) is 45.9 cm³/mol. The van der Waals surface area contributed by atoms with Crippen molar-refractivity contribution >= 4 is 12.1 Å². The van der Waals surface area contributed by atoms with Gasteiger partial charge >= 0.3 is 0 Å². The molecule has 0 saturated heterocycles. The minimum atomic E-state index is -0.591. The molecule has 1 aromatic carbocycles. The molecule has 0 N–H and O–H groups in total. The predicted octanol–water partition coefficient (Wildman–Crippen LogP) is 1.56. The van der Waals surface area contributed by atoms with Crippen molar-refractivity contribution < 1.29 is 9.59 Å². The third-order valence-corrected chi connectivity index (χ3v) is 1.73. The minimum Gasteiger partial charge on any atom is -0.302 e. The standard InChI is InChI=1S/C10H10O2/c1-8(12)10(7-11)9-5-3-2-4-6-9/h2-7,10H,1H3. The smallest absolute Gasteiger partial charge is 0.144 e. The molecule has 0 amide bonds. The van der Waals surface area contributed by atoms with Crippen molar-refractivity contribution in [3.05, 3.63) is 35.9 Å². The molecule has 0 fully saturated rings. The fraction of sp³-hybridized carbons (Fsp3) is 0.200. The molecule has 1 aromatic rings. The maximum absolute atomic E-state index is 10.9. The van der Waals surface area contributed by atoms with Gasteiger partial charge in [0.2, 0.25) is 0 Å². The Morgan fingerprint density at radius 1 is 1.33 bits per heavy atom. The van der Waals surface area contributed by atoms with E-state index in [1.165, 1.54) is 6.92 Å². The van der Waals surface area contributed by atoms with E-state index >= 15 is 0 Å². The average Bonchev–Trinajstić information content (AvgIpc) is 2.07. The number of ketones is 1. The van der Waals surface area contributed by atoms with Crippen LogP contribution in [-0.2, 0) is 9.59 Å². The van der Waals surface area contributed by atoms with Crippen LogP contribution in [0.25, 0.3) is 0 Å². The summed E-state index contributed by atoms with van der Waals surface area (Å²) in [5.74, 6) is -0.706. The van der Waals surface area contributed by atoms with Gasteiger partial charge in [-0.25, -0.2) is 0 Å². The fourth-order valence-corrected chi connectivity index (χ4v) is 1.07. The SMILES string of the molecule is CC(=O)C(C=O)c1ccccc1. The zero-order valence-electron chi connectivity index (χ0n) is 6.86. The highest BCUT2D eigenvalue weighted by Crippen LogP contribution is 2.13. The summed E-state index contributed by atoms with van der Waals surface area (Å²) in [5.41, 5.74) is 0.764. The summed E-state index contributed by atoms with van der Waals surface area (Å²) in [5, 5.41) is 0. The molecule has 62 valence electrons. The lowest BCUT2D eigenvalue weighted by Crippen LogP contribution is -2.09. The van der Waals surface area contributed by atoms with E-state index in [9.17, 15) is 9.59 Å². The van der Waals surface area contributed by atoms with Gasteiger partial charge in [0.25, 0.3) is 0 Å². The number of rotatable bonds is 3. The third-order valence-electron chi connectivity index (χ3n) is 1.73. The van der Waals surface area contributed by atoms with Gasteiger partial charge in [-0.3, -0.25) is 4.79 Å². The molecule has 2 nitrogen and oxygen atoms in total. The molecule has 0 bridgehead atoms. The van der Waals surface area contributed by atoms with Gasteiger partial charge in [0.15, 0.2) is 0 Å². The Kier molecular flexibility index (Phi) is 2.75. The van der Waals surface area contributed by atoms with Crippen LogP contribution in [0.5, 0.6) is 0 Å². The molecule has 0 aliphatic rings. The molecule has 0 radical (unpaired) electrons. The van der Waals surface area contributed by atoms with E-state index < -0.39 is 5.92 Å². The Morgan fingerprint density at radius 2 is 1.92 bits per heavy atom. The number of carbonyl (C=O) groups excluding carboxylic acids is 2. The van der Waals surface area contributed by atoms with Gasteiger partial charge in [0.1, 0.15) is 12.1 Å². The van der Waals surface area contributed by atoms with Crippen LogP contribution in [0.15, 0.2) is 30.3 Å². The van der Waals surface area contributed by atoms with Crippen molar-refractivity contribution in [3.63, 3.8) is 0 Å². The molecule has 1 rings (SSSR count). The van der Waals surface area contributed by atoms with E-state index in [1.54, 1.807) is 12.1 Å². The Bertz CT molecular complexity index is 277. The second-order valence-corrected chi connectivity index (χ2v) is 2.64. The number of hydrogen-bond acceptors (Lipinski definition) is 2. The average molecular weight is 162 g/mol. The van der Waals surface area contributed by atoms with Crippen LogP contribution in [0.3, 0.4) is 0 Å². The van der Waals surface area contributed by atoms with E-state index in [1.807, 2.05) is 18.2 Å². The summed E-state index contributed by atoms with van der Waals surface area (Å²) < 4.78 is 0. The third kappa shape index (κ3) is 1.78.